The van der Waals surface area contributed by atoms with Gasteiger partial charge in [0.2, 0.25) is 0 Å². The SMILES string of the molecule is O=C(Nc1ccc(Cl)cc1Cl)c1nn2c(c1Br)N[C@H](c1ccc(Br)o1)C[C@@H]2C(F)(F)F. The summed E-state index contributed by atoms with van der Waals surface area (Å²) in [6.07, 6.45) is -4.97. The molecule has 6 nitrogen and oxygen atoms in total. The molecule has 0 spiro atoms. The van der Waals surface area contributed by atoms with Crippen molar-refractivity contribution in [3.63, 3.8) is 0 Å². The van der Waals surface area contributed by atoms with E-state index in [9.17, 15) is 18.0 Å². The van der Waals surface area contributed by atoms with E-state index >= 15 is 0 Å². The molecule has 164 valence electrons. The molecule has 0 aliphatic carbocycles. The summed E-state index contributed by atoms with van der Waals surface area (Å²) in [4.78, 5) is 12.8. The van der Waals surface area contributed by atoms with Crippen LogP contribution in [-0.2, 0) is 0 Å². The molecule has 3 aromatic rings. The first-order valence-corrected chi connectivity index (χ1v) is 11.0. The number of halogens is 7. The number of nitrogens with zero attached hydrogens (tertiary/aromatic N) is 2. The number of aromatic nitrogens is 2. The van der Waals surface area contributed by atoms with Gasteiger partial charge in [-0.1, -0.05) is 23.2 Å². The Labute approximate surface area is 200 Å². The molecule has 13 heteroatoms. The van der Waals surface area contributed by atoms with E-state index in [2.05, 4.69) is 47.6 Å². The van der Waals surface area contributed by atoms with Crippen LogP contribution in [0.1, 0.15) is 34.8 Å². The van der Waals surface area contributed by atoms with Crippen LogP contribution in [0.15, 0.2) is 43.9 Å². The van der Waals surface area contributed by atoms with Gasteiger partial charge in [-0.15, -0.1) is 0 Å². The van der Waals surface area contributed by atoms with Crippen molar-refractivity contribution < 1.29 is 22.4 Å². The molecule has 1 aromatic carbocycles. The molecule has 0 saturated carbocycles. The van der Waals surface area contributed by atoms with Crippen molar-refractivity contribution in [3.05, 3.63) is 61.0 Å². The maximum absolute atomic E-state index is 13.8. The van der Waals surface area contributed by atoms with Gasteiger partial charge in [0.05, 0.1) is 21.2 Å². The molecule has 0 saturated heterocycles. The fourth-order valence-corrected chi connectivity index (χ4v) is 4.54. The summed E-state index contributed by atoms with van der Waals surface area (Å²) < 4.78 is 48.1. The number of fused-ring (bicyclic) bond motifs is 1. The number of hydrogen-bond donors (Lipinski definition) is 2. The molecule has 31 heavy (non-hydrogen) atoms. The van der Waals surface area contributed by atoms with Gasteiger partial charge in [-0.05, 0) is 62.2 Å². The Morgan fingerprint density at radius 2 is 2.00 bits per heavy atom. The Morgan fingerprint density at radius 3 is 2.61 bits per heavy atom. The topological polar surface area (TPSA) is 72.1 Å². The van der Waals surface area contributed by atoms with Crippen LogP contribution in [0.4, 0.5) is 24.7 Å². The molecule has 4 rings (SSSR count). The standard InChI is InChI=1S/C18H11Br2Cl2F3N4O2/c19-13-4-3-11(31-13)10-6-12(18(23,24)25)29-16(26-10)14(20)15(28-29)17(30)27-9-2-1-7(21)5-8(9)22/h1-5,10,12,26H,6H2,(H,27,30)/t10-,12+/m0/s1. The summed E-state index contributed by atoms with van der Waals surface area (Å²) in [6.45, 7) is 0. The van der Waals surface area contributed by atoms with Crippen LogP contribution in [0.25, 0.3) is 0 Å². The molecule has 1 aliphatic rings. The van der Waals surface area contributed by atoms with Gasteiger partial charge in [-0.3, -0.25) is 4.79 Å². The highest BCUT2D eigenvalue weighted by atomic mass is 79.9. The summed E-state index contributed by atoms with van der Waals surface area (Å²) >= 11 is 18.3. The first-order chi connectivity index (χ1) is 14.5. The molecular weight excluding hydrogens is 592 g/mol. The maximum atomic E-state index is 13.8. The first kappa shape index (κ1) is 22.5. The third-order valence-electron chi connectivity index (χ3n) is 4.63. The molecule has 0 bridgehead atoms. The van der Waals surface area contributed by atoms with Gasteiger partial charge >= 0.3 is 6.18 Å². The van der Waals surface area contributed by atoms with Crippen LogP contribution in [0, 0.1) is 0 Å². The minimum absolute atomic E-state index is 0.0125. The molecule has 0 fully saturated rings. The monoisotopic (exact) mass is 600 g/mol. The number of carbonyl (C=O) groups is 1. The van der Waals surface area contributed by atoms with E-state index < -0.39 is 24.2 Å². The minimum Gasteiger partial charge on any atom is -0.452 e. The molecule has 3 heterocycles. The number of hydrogen-bond acceptors (Lipinski definition) is 4. The third kappa shape index (κ3) is 4.46. The lowest BCUT2D eigenvalue weighted by molar-refractivity contribution is -0.174. The van der Waals surface area contributed by atoms with Crippen LogP contribution < -0.4 is 10.6 Å². The van der Waals surface area contributed by atoms with Crippen LogP contribution in [0.5, 0.6) is 0 Å². The number of benzene rings is 1. The minimum atomic E-state index is -4.60. The Morgan fingerprint density at radius 1 is 1.26 bits per heavy atom. The fraction of sp³-hybridized carbons (Fsp3) is 0.222. The zero-order valence-corrected chi connectivity index (χ0v) is 19.8. The van der Waals surface area contributed by atoms with E-state index in [0.29, 0.717) is 15.5 Å². The number of rotatable bonds is 3. The largest absolute Gasteiger partial charge is 0.452 e. The zero-order valence-electron chi connectivity index (χ0n) is 15.1. The van der Waals surface area contributed by atoms with Crippen molar-refractivity contribution in [2.45, 2.75) is 24.7 Å². The Hall–Kier alpha value is -1.69. The summed E-state index contributed by atoms with van der Waals surface area (Å²) in [6, 6.07) is 4.85. The van der Waals surface area contributed by atoms with E-state index in [-0.39, 0.29) is 33.1 Å². The molecule has 0 unspecified atom stereocenters. The van der Waals surface area contributed by atoms with Crippen molar-refractivity contribution in [3.8, 4) is 0 Å². The number of anilines is 2. The van der Waals surface area contributed by atoms with Crippen LogP contribution in [0.3, 0.4) is 0 Å². The second kappa shape index (κ2) is 8.34. The number of alkyl halides is 3. The van der Waals surface area contributed by atoms with Crippen LogP contribution in [0.2, 0.25) is 10.0 Å². The predicted octanol–water partition coefficient (Wildman–Crippen LogP) is 7.22. The average molecular weight is 603 g/mol. The summed E-state index contributed by atoms with van der Waals surface area (Å²) in [5.41, 5.74) is 0.0108. The normalized spacial score (nSPS) is 18.4. The van der Waals surface area contributed by atoms with Gasteiger partial charge in [0.25, 0.3) is 5.91 Å². The van der Waals surface area contributed by atoms with Gasteiger partial charge in [0, 0.05) is 11.4 Å². The van der Waals surface area contributed by atoms with Crippen molar-refractivity contribution in [1.82, 2.24) is 9.78 Å². The molecule has 2 aromatic heterocycles. The Balaban J connectivity index is 1.70. The molecule has 1 amide bonds. The zero-order chi connectivity index (χ0) is 22.5. The summed E-state index contributed by atoms with van der Waals surface area (Å²) in [7, 11) is 0. The molecule has 0 radical (unpaired) electrons. The molecular formula is C18H11Br2Cl2F3N4O2. The van der Waals surface area contributed by atoms with E-state index in [1.165, 1.54) is 18.2 Å². The predicted molar refractivity (Wildman–Crippen MR) is 117 cm³/mol. The Kier molecular flexibility index (Phi) is 6.06. The lowest BCUT2D eigenvalue weighted by atomic mass is 10.0. The quantitative estimate of drug-likeness (QED) is 0.332. The lowest BCUT2D eigenvalue weighted by Crippen LogP contribution is -2.35. The first-order valence-electron chi connectivity index (χ1n) is 8.67. The molecule has 2 N–H and O–H groups in total. The van der Waals surface area contributed by atoms with Gasteiger partial charge in [0.1, 0.15) is 11.6 Å². The highest BCUT2D eigenvalue weighted by Gasteiger charge is 2.48. The van der Waals surface area contributed by atoms with Crippen molar-refractivity contribution in [1.29, 1.82) is 0 Å². The molecule has 2 atom stereocenters. The summed E-state index contributed by atoms with van der Waals surface area (Å²) in [5, 5.41) is 9.99. The second-order valence-electron chi connectivity index (χ2n) is 6.67. The van der Waals surface area contributed by atoms with Crippen molar-refractivity contribution in [2.24, 2.45) is 0 Å². The van der Waals surface area contributed by atoms with Crippen molar-refractivity contribution >= 4 is 72.5 Å². The van der Waals surface area contributed by atoms with Crippen LogP contribution in [-0.4, -0.2) is 21.9 Å². The van der Waals surface area contributed by atoms with Crippen LogP contribution >= 0.6 is 55.1 Å². The van der Waals surface area contributed by atoms with E-state index in [0.717, 1.165) is 4.68 Å². The van der Waals surface area contributed by atoms with Gasteiger partial charge < -0.3 is 15.1 Å². The third-order valence-corrected chi connectivity index (χ3v) is 6.35. The number of carbonyl (C=O) groups excluding carboxylic acids is 1. The number of nitrogens with one attached hydrogen (secondary N) is 2. The highest BCUT2D eigenvalue weighted by Crippen LogP contribution is 2.46. The van der Waals surface area contributed by atoms with E-state index in [1.807, 2.05) is 0 Å². The van der Waals surface area contributed by atoms with E-state index in [4.69, 9.17) is 27.6 Å². The highest BCUT2D eigenvalue weighted by molar-refractivity contribution is 9.10. The summed E-state index contributed by atoms with van der Waals surface area (Å²) in [5.74, 6) is -0.407. The fourth-order valence-electron chi connectivity index (χ4n) is 3.21. The second-order valence-corrected chi connectivity index (χ2v) is 9.08. The smallest absolute Gasteiger partial charge is 0.410 e. The van der Waals surface area contributed by atoms with Gasteiger partial charge in [0.15, 0.2) is 16.4 Å². The number of furan rings is 1. The van der Waals surface area contributed by atoms with Crippen molar-refractivity contribution in [2.75, 3.05) is 10.6 Å². The molecule has 1 aliphatic heterocycles. The average Bonchev–Trinajstić information content (AvgIpc) is 3.26. The number of amides is 1. The Bertz CT molecular complexity index is 1170. The lowest BCUT2D eigenvalue weighted by Gasteiger charge is -2.32. The maximum Gasteiger partial charge on any atom is 0.410 e. The van der Waals surface area contributed by atoms with E-state index in [1.54, 1.807) is 12.1 Å². The van der Waals surface area contributed by atoms with Gasteiger partial charge in [-0.2, -0.15) is 18.3 Å². The van der Waals surface area contributed by atoms with Gasteiger partial charge in [-0.25, -0.2) is 4.68 Å².